The number of hydrogen-bond acceptors (Lipinski definition) is 0. The van der Waals surface area contributed by atoms with E-state index in [4.69, 9.17) is 0 Å². The van der Waals surface area contributed by atoms with Crippen LogP contribution in [-0.4, -0.2) is 0 Å². The van der Waals surface area contributed by atoms with Gasteiger partial charge in [0.2, 0.25) is 0 Å². The Kier molecular flexibility index (Phi) is 3.58. The Bertz CT molecular complexity index is 181. The van der Waals surface area contributed by atoms with Gasteiger partial charge >= 0.3 is 0 Å². The zero-order chi connectivity index (χ0) is 9.90. The van der Waals surface area contributed by atoms with E-state index in [1.165, 1.54) is 25.7 Å². The highest BCUT2D eigenvalue weighted by Crippen LogP contribution is 2.38. The molecule has 0 aromatic carbocycles. The van der Waals surface area contributed by atoms with E-state index >= 15 is 0 Å². The first kappa shape index (κ1) is 10.8. The van der Waals surface area contributed by atoms with Crippen molar-refractivity contribution in [2.45, 2.75) is 52.9 Å². The number of hydrogen-bond donors (Lipinski definition) is 0. The first-order valence-corrected chi connectivity index (χ1v) is 5.54. The molecule has 0 aromatic heterocycles. The van der Waals surface area contributed by atoms with Gasteiger partial charge in [-0.3, -0.25) is 0 Å². The van der Waals surface area contributed by atoms with Gasteiger partial charge in [0.1, 0.15) is 0 Å². The zero-order valence-electron chi connectivity index (χ0n) is 9.40. The van der Waals surface area contributed by atoms with Gasteiger partial charge in [-0.25, -0.2) is 0 Å². The molecule has 1 rings (SSSR count). The van der Waals surface area contributed by atoms with Crippen LogP contribution in [0, 0.1) is 18.3 Å². The topological polar surface area (TPSA) is 0 Å². The molecule has 0 bridgehead atoms. The van der Waals surface area contributed by atoms with Crippen molar-refractivity contribution in [3.63, 3.8) is 0 Å². The maximum absolute atomic E-state index is 4.09. The standard InChI is InChI=1S/C13H23/c1-5-12(13(2,3)4)11-9-7-6-8-10-11/h9,12H,1,5-8,10H2,2-4H3. The summed E-state index contributed by atoms with van der Waals surface area (Å²) in [4.78, 5) is 0. The molecule has 13 heavy (non-hydrogen) atoms. The molecular weight excluding hydrogens is 156 g/mol. The smallest absolute Gasteiger partial charge is 0.0155 e. The summed E-state index contributed by atoms with van der Waals surface area (Å²) in [5.41, 5.74) is 2.07. The van der Waals surface area contributed by atoms with Crippen molar-refractivity contribution >= 4 is 0 Å². The predicted octanol–water partition coefficient (Wildman–Crippen LogP) is 4.37. The van der Waals surface area contributed by atoms with Crippen molar-refractivity contribution in [1.82, 2.24) is 0 Å². The van der Waals surface area contributed by atoms with Gasteiger partial charge in [0.05, 0.1) is 0 Å². The van der Waals surface area contributed by atoms with Crippen LogP contribution >= 0.6 is 0 Å². The predicted molar refractivity (Wildman–Crippen MR) is 59.5 cm³/mol. The molecule has 0 heterocycles. The van der Waals surface area contributed by atoms with Gasteiger partial charge in [-0.05, 0) is 43.4 Å². The van der Waals surface area contributed by atoms with Crippen LogP contribution in [0.4, 0.5) is 0 Å². The van der Waals surface area contributed by atoms with Crippen molar-refractivity contribution in [1.29, 1.82) is 0 Å². The summed E-state index contributed by atoms with van der Waals surface area (Å²) in [6.07, 6.45) is 8.90. The highest BCUT2D eigenvalue weighted by Gasteiger charge is 2.26. The van der Waals surface area contributed by atoms with E-state index in [0.29, 0.717) is 11.3 Å². The molecule has 75 valence electrons. The van der Waals surface area contributed by atoms with E-state index in [2.05, 4.69) is 33.8 Å². The molecule has 1 unspecified atom stereocenters. The Hall–Kier alpha value is -0.260. The second kappa shape index (κ2) is 4.30. The van der Waals surface area contributed by atoms with Crippen LogP contribution < -0.4 is 0 Å². The van der Waals surface area contributed by atoms with Gasteiger partial charge in [0, 0.05) is 0 Å². The molecule has 1 aliphatic carbocycles. The first-order valence-electron chi connectivity index (χ1n) is 5.54. The van der Waals surface area contributed by atoms with Crippen LogP contribution in [0.25, 0.3) is 0 Å². The van der Waals surface area contributed by atoms with Crippen LogP contribution in [0.15, 0.2) is 11.6 Å². The second-order valence-electron chi connectivity index (χ2n) is 5.23. The number of allylic oxidation sites excluding steroid dienone is 2. The number of rotatable bonds is 2. The van der Waals surface area contributed by atoms with Crippen LogP contribution in [0.2, 0.25) is 0 Å². The first-order chi connectivity index (χ1) is 6.05. The quantitative estimate of drug-likeness (QED) is 0.552. The second-order valence-corrected chi connectivity index (χ2v) is 5.23. The zero-order valence-corrected chi connectivity index (χ0v) is 9.40. The molecule has 0 heteroatoms. The van der Waals surface area contributed by atoms with Crippen molar-refractivity contribution in [2.24, 2.45) is 11.3 Å². The lowest BCUT2D eigenvalue weighted by Crippen LogP contribution is -2.22. The maximum atomic E-state index is 4.09. The Morgan fingerprint density at radius 2 is 2.08 bits per heavy atom. The molecule has 1 atom stereocenters. The summed E-state index contributed by atoms with van der Waals surface area (Å²) < 4.78 is 0. The summed E-state index contributed by atoms with van der Waals surface area (Å²) in [6, 6.07) is 0. The van der Waals surface area contributed by atoms with E-state index in [1.807, 2.05) is 0 Å². The minimum absolute atomic E-state index is 0.394. The van der Waals surface area contributed by atoms with Crippen LogP contribution in [0.5, 0.6) is 0 Å². The minimum atomic E-state index is 0.394. The molecule has 0 saturated heterocycles. The molecule has 0 aromatic rings. The van der Waals surface area contributed by atoms with E-state index in [0.717, 1.165) is 6.42 Å². The Morgan fingerprint density at radius 1 is 1.38 bits per heavy atom. The Labute approximate surface area is 83.4 Å². The third-order valence-electron chi connectivity index (χ3n) is 3.11. The molecule has 1 aliphatic rings. The average Bonchev–Trinajstić information content (AvgIpc) is 2.05. The molecule has 0 nitrogen and oxygen atoms in total. The van der Waals surface area contributed by atoms with Gasteiger partial charge in [-0.2, -0.15) is 0 Å². The highest BCUT2D eigenvalue weighted by molar-refractivity contribution is 5.12. The highest BCUT2D eigenvalue weighted by atomic mass is 14.3. The fourth-order valence-corrected chi connectivity index (χ4v) is 2.35. The van der Waals surface area contributed by atoms with E-state index < -0.39 is 0 Å². The summed E-state index contributed by atoms with van der Waals surface area (Å²) in [5.74, 6) is 0.702. The molecule has 1 radical (unpaired) electrons. The Balaban J connectivity index is 2.70. The van der Waals surface area contributed by atoms with Gasteiger partial charge < -0.3 is 0 Å². The van der Waals surface area contributed by atoms with Gasteiger partial charge in [-0.15, -0.1) is 0 Å². The molecular formula is C13H23. The summed E-state index contributed by atoms with van der Waals surface area (Å²) in [7, 11) is 0. The lowest BCUT2D eigenvalue weighted by atomic mass is 9.72. The van der Waals surface area contributed by atoms with E-state index in [-0.39, 0.29) is 0 Å². The summed E-state index contributed by atoms with van der Waals surface area (Å²) >= 11 is 0. The molecule has 0 aliphatic heterocycles. The lowest BCUT2D eigenvalue weighted by molar-refractivity contribution is 0.271. The fourth-order valence-electron chi connectivity index (χ4n) is 2.35. The third kappa shape index (κ3) is 2.86. The minimum Gasteiger partial charge on any atom is -0.0850 e. The van der Waals surface area contributed by atoms with Crippen LogP contribution in [0.1, 0.15) is 52.9 Å². The summed E-state index contributed by atoms with van der Waals surface area (Å²) in [6.45, 7) is 11.1. The molecule has 0 N–H and O–H groups in total. The van der Waals surface area contributed by atoms with Crippen molar-refractivity contribution in [2.75, 3.05) is 0 Å². The van der Waals surface area contributed by atoms with Gasteiger partial charge in [0.15, 0.2) is 0 Å². The SMILES string of the molecule is [CH2]CC(C1=CCCCC1)C(C)(C)C. The van der Waals surface area contributed by atoms with Crippen LogP contribution in [-0.2, 0) is 0 Å². The normalized spacial score (nSPS) is 21.1. The Morgan fingerprint density at radius 3 is 2.46 bits per heavy atom. The average molecular weight is 179 g/mol. The molecule has 0 saturated carbocycles. The van der Waals surface area contributed by atoms with Gasteiger partial charge in [0.25, 0.3) is 0 Å². The lowest BCUT2D eigenvalue weighted by Gasteiger charge is -2.33. The van der Waals surface area contributed by atoms with Crippen LogP contribution in [0.3, 0.4) is 0 Å². The molecule has 0 spiro atoms. The van der Waals surface area contributed by atoms with Crippen molar-refractivity contribution in [3.05, 3.63) is 18.6 Å². The molecule has 0 amide bonds. The maximum Gasteiger partial charge on any atom is -0.0155 e. The summed E-state index contributed by atoms with van der Waals surface area (Å²) in [5, 5.41) is 0. The van der Waals surface area contributed by atoms with Crippen molar-refractivity contribution < 1.29 is 0 Å². The third-order valence-corrected chi connectivity index (χ3v) is 3.11. The monoisotopic (exact) mass is 179 g/mol. The van der Waals surface area contributed by atoms with Gasteiger partial charge in [-0.1, -0.05) is 39.3 Å². The fraction of sp³-hybridized carbons (Fsp3) is 0.769. The van der Waals surface area contributed by atoms with Crippen molar-refractivity contribution in [3.8, 4) is 0 Å². The largest absolute Gasteiger partial charge is 0.0850 e. The van der Waals surface area contributed by atoms with E-state index in [9.17, 15) is 0 Å². The van der Waals surface area contributed by atoms with E-state index in [1.54, 1.807) is 5.57 Å². The molecule has 0 fully saturated rings.